The molecule has 0 N–H and O–H groups in total. The summed E-state index contributed by atoms with van der Waals surface area (Å²) < 4.78 is 10.8. The predicted octanol–water partition coefficient (Wildman–Crippen LogP) is 2.06. The average Bonchev–Trinajstić information content (AvgIpc) is 2.81. The number of rotatable bonds is 3. The first-order valence-corrected chi connectivity index (χ1v) is 6.07. The summed E-state index contributed by atoms with van der Waals surface area (Å²) in [7, 11) is 3.34. The molecule has 0 aromatic heterocycles. The number of benzene rings is 1. The van der Waals surface area contributed by atoms with Crippen molar-refractivity contribution in [2.24, 2.45) is 0 Å². The quantitative estimate of drug-likeness (QED) is 0.840. The van der Waals surface area contributed by atoms with E-state index in [4.69, 9.17) is 26.3 Å². The zero-order valence-electron chi connectivity index (χ0n) is 10.4. The van der Waals surface area contributed by atoms with Crippen molar-refractivity contribution in [2.75, 3.05) is 32.2 Å². The van der Waals surface area contributed by atoms with Crippen LogP contribution in [0.1, 0.15) is 5.56 Å². The van der Waals surface area contributed by atoms with Crippen molar-refractivity contribution in [2.45, 2.75) is 12.2 Å². The summed E-state index contributed by atoms with van der Waals surface area (Å²) >= 11 is 5.99. The van der Waals surface area contributed by atoms with E-state index in [1.165, 1.54) is 0 Å². The van der Waals surface area contributed by atoms with Crippen LogP contribution < -0.4 is 4.90 Å². The minimum atomic E-state index is 0.0144. The first-order valence-electron chi connectivity index (χ1n) is 5.69. The monoisotopic (exact) mass is 266 g/mol. The molecule has 2 rings (SSSR count). The number of methoxy groups -OCH3 is 2. The smallest absolute Gasteiger partial charge is 0.102 e. The van der Waals surface area contributed by atoms with E-state index in [1.54, 1.807) is 26.4 Å². The van der Waals surface area contributed by atoms with Crippen LogP contribution in [0.25, 0.3) is 0 Å². The Morgan fingerprint density at radius 2 is 1.89 bits per heavy atom. The van der Waals surface area contributed by atoms with Gasteiger partial charge in [0.05, 0.1) is 11.3 Å². The molecule has 0 amide bonds. The van der Waals surface area contributed by atoms with Crippen molar-refractivity contribution in [1.82, 2.24) is 0 Å². The fraction of sp³-hybridized carbons (Fsp3) is 0.462. The van der Waals surface area contributed by atoms with E-state index in [9.17, 15) is 0 Å². The van der Waals surface area contributed by atoms with Crippen molar-refractivity contribution in [3.05, 3.63) is 28.8 Å². The van der Waals surface area contributed by atoms with Gasteiger partial charge in [0.15, 0.2) is 0 Å². The fourth-order valence-electron chi connectivity index (χ4n) is 2.25. The Morgan fingerprint density at radius 1 is 1.28 bits per heavy atom. The van der Waals surface area contributed by atoms with Gasteiger partial charge >= 0.3 is 0 Å². The number of nitriles is 1. The van der Waals surface area contributed by atoms with Crippen LogP contribution in [0, 0.1) is 11.3 Å². The van der Waals surface area contributed by atoms with Crippen LogP contribution in [0.3, 0.4) is 0 Å². The Balaban J connectivity index is 2.28. The van der Waals surface area contributed by atoms with Crippen molar-refractivity contribution in [3.8, 4) is 6.07 Å². The van der Waals surface area contributed by atoms with Gasteiger partial charge in [0.25, 0.3) is 0 Å². The molecule has 1 aromatic rings. The van der Waals surface area contributed by atoms with Crippen LogP contribution in [0.5, 0.6) is 0 Å². The van der Waals surface area contributed by atoms with Gasteiger partial charge in [-0.25, -0.2) is 0 Å². The minimum absolute atomic E-state index is 0.0144. The summed E-state index contributed by atoms with van der Waals surface area (Å²) in [6.07, 6.45) is 0.0287. The lowest BCUT2D eigenvalue weighted by molar-refractivity contribution is -0.00461. The maximum Gasteiger partial charge on any atom is 0.102 e. The number of anilines is 1. The highest BCUT2D eigenvalue weighted by atomic mass is 35.5. The van der Waals surface area contributed by atoms with E-state index in [-0.39, 0.29) is 12.2 Å². The normalized spacial score (nSPS) is 23.1. The number of ether oxygens (including phenoxy) is 2. The second-order valence-electron chi connectivity index (χ2n) is 4.23. The number of hydrogen-bond donors (Lipinski definition) is 0. The third-order valence-electron chi connectivity index (χ3n) is 3.24. The van der Waals surface area contributed by atoms with E-state index in [2.05, 4.69) is 11.0 Å². The number of hydrogen-bond acceptors (Lipinski definition) is 4. The lowest BCUT2D eigenvalue weighted by Gasteiger charge is -2.19. The zero-order chi connectivity index (χ0) is 13.1. The van der Waals surface area contributed by atoms with Gasteiger partial charge in [-0.3, -0.25) is 0 Å². The Bertz CT molecular complexity index is 461. The van der Waals surface area contributed by atoms with Gasteiger partial charge in [0, 0.05) is 32.3 Å². The largest absolute Gasteiger partial charge is 0.377 e. The molecule has 1 aliphatic heterocycles. The van der Waals surface area contributed by atoms with E-state index in [0.29, 0.717) is 23.7 Å². The Kier molecular flexibility index (Phi) is 4.07. The highest BCUT2D eigenvalue weighted by molar-refractivity contribution is 6.30. The second kappa shape index (κ2) is 5.57. The minimum Gasteiger partial charge on any atom is -0.377 e. The van der Waals surface area contributed by atoms with Crippen LogP contribution in [-0.2, 0) is 9.47 Å². The summed E-state index contributed by atoms with van der Waals surface area (Å²) in [4.78, 5) is 2.08. The highest BCUT2D eigenvalue weighted by Crippen LogP contribution is 2.29. The summed E-state index contributed by atoms with van der Waals surface area (Å²) in [5, 5.41) is 9.76. The fourth-order valence-corrected chi connectivity index (χ4v) is 2.42. The van der Waals surface area contributed by atoms with Crippen LogP contribution in [0.15, 0.2) is 18.2 Å². The molecular weight excluding hydrogens is 252 g/mol. The lowest BCUT2D eigenvalue weighted by Crippen LogP contribution is -2.27. The Morgan fingerprint density at radius 3 is 2.39 bits per heavy atom. The van der Waals surface area contributed by atoms with Gasteiger partial charge in [-0.05, 0) is 18.2 Å². The molecule has 4 nitrogen and oxygen atoms in total. The third kappa shape index (κ3) is 2.44. The standard InChI is InChI=1S/C13H15ClN2O2/c1-17-12-7-16(8-13(12)18-2)11-5-10(14)4-3-9(11)6-15/h3-5,12-13H,7-8H2,1-2H3. The van der Waals surface area contributed by atoms with Gasteiger partial charge in [0.1, 0.15) is 18.3 Å². The topological polar surface area (TPSA) is 45.5 Å². The van der Waals surface area contributed by atoms with Gasteiger partial charge in [-0.1, -0.05) is 11.6 Å². The molecule has 1 aliphatic rings. The molecular formula is C13H15ClN2O2. The van der Waals surface area contributed by atoms with Crippen LogP contribution in [0.2, 0.25) is 5.02 Å². The van der Waals surface area contributed by atoms with Crippen molar-refractivity contribution >= 4 is 17.3 Å². The molecule has 0 aliphatic carbocycles. The third-order valence-corrected chi connectivity index (χ3v) is 3.48. The molecule has 1 heterocycles. The van der Waals surface area contributed by atoms with Crippen LogP contribution >= 0.6 is 11.6 Å². The van der Waals surface area contributed by atoms with E-state index in [1.807, 2.05) is 6.07 Å². The predicted molar refractivity (Wildman–Crippen MR) is 70.0 cm³/mol. The molecule has 1 aromatic carbocycles. The second-order valence-corrected chi connectivity index (χ2v) is 4.66. The van der Waals surface area contributed by atoms with E-state index < -0.39 is 0 Å². The Hall–Kier alpha value is -1.28. The van der Waals surface area contributed by atoms with Crippen molar-refractivity contribution in [3.63, 3.8) is 0 Å². The number of halogens is 1. The molecule has 96 valence electrons. The zero-order valence-corrected chi connectivity index (χ0v) is 11.1. The maximum absolute atomic E-state index is 9.13. The van der Waals surface area contributed by atoms with E-state index in [0.717, 1.165) is 5.69 Å². The maximum atomic E-state index is 9.13. The SMILES string of the molecule is COC1CN(c2cc(Cl)ccc2C#N)CC1OC. The summed E-state index contributed by atoms with van der Waals surface area (Å²) in [5.74, 6) is 0. The van der Waals surface area contributed by atoms with Crippen molar-refractivity contribution in [1.29, 1.82) is 5.26 Å². The van der Waals surface area contributed by atoms with E-state index >= 15 is 0 Å². The summed E-state index contributed by atoms with van der Waals surface area (Å²) in [5.41, 5.74) is 1.46. The lowest BCUT2D eigenvalue weighted by atomic mass is 10.2. The molecule has 0 saturated carbocycles. The highest BCUT2D eigenvalue weighted by Gasteiger charge is 2.33. The van der Waals surface area contributed by atoms with Crippen LogP contribution in [0.4, 0.5) is 5.69 Å². The molecule has 2 atom stereocenters. The molecule has 2 unspecified atom stereocenters. The van der Waals surface area contributed by atoms with Crippen LogP contribution in [-0.4, -0.2) is 39.5 Å². The summed E-state index contributed by atoms with van der Waals surface area (Å²) in [6, 6.07) is 7.45. The molecule has 0 bridgehead atoms. The molecule has 1 saturated heterocycles. The van der Waals surface area contributed by atoms with Crippen molar-refractivity contribution < 1.29 is 9.47 Å². The summed E-state index contributed by atoms with van der Waals surface area (Å²) in [6.45, 7) is 1.40. The van der Waals surface area contributed by atoms with Gasteiger partial charge in [-0.15, -0.1) is 0 Å². The number of nitrogens with zero attached hydrogens (tertiary/aromatic N) is 2. The van der Waals surface area contributed by atoms with Gasteiger partial charge < -0.3 is 14.4 Å². The molecule has 5 heteroatoms. The molecule has 0 spiro atoms. The molecule has 1 fully saturated rings. The first kappa shape index (κ1) is 13.2. The Labute approximate surface area is 112 Å². The first-order chi connectivity index (χ1) is 8.69. The van der Waals surface area contributed by atoms with Gasteiger partial charge in [-0.2, -0.15) is 5.26 Å². The van der Waals surface area contributed by atoms with Gasteiger partial charge in [0.2, 0.25) is 0 Å². The average molecular weight is 267 g/mol. The molecule has 18 heavy (non-hydrogen) atoms. The molecule has 0 radical (unpaired) electrons.